The van der Waals surface area contributed by atoms with E-state index >= 15 is 0 Å². The molecule has 1 heterocycles. The smallest absolute Gasteiger partial charge is 0.182 e. The summed E-state index contributed by atoms with van der Waals surface area (Å²) in [5, 5.41) is 18.8. The van der Waals surface area contributed by atoms with Crippen molar-refractivity contribution in [2.75, 3.05) is 14.1 Å². The van der Waals surface area contributed by atoms with Crippen molar-refractivity contribution in [1.82, 2.24) is 4.90 Å². The van der Waals surface area contributed by atoms with Crippen molar-refractivity contribution in [2.24, 2.45) is 0 Å². The molecule has 0 aromatic heterocycles. The molecule has 0 aromatic rings. The van der Waals surface area contributed by atoms with Crippen LogP contribution in [-0.4, -0.2) is 53.7 Å². The van der Waals surface area contributed by atoms with Gasteiger partial charge in [0.2, 0.25) is 0 Å². The van der Waals surface area contributed by atoms with Gasteiger partial charge in [0.05, 0.1) is 6.10 Å². The zero-order chi connectivity index (χ0) is 13.3. The van der Waals surface area contributed by atoms with Gasteiger partial charge in [0.15, 0.2) is 6.29 Å². The topological polar surface area (TPSA) is 52.9 Å². The highest BCUT2D eigenvalue weighted by atomic mass is 16.6. The quantitative estimate of drug-likeness (QED) is 0.722. The van der Waals surface area contributed by atoms with Gasteiger partial charge >= 0.3 is 0 Å². The fourth-order valence-corrected chi connectivity index (χ4v) is 1.56. The molecular formula is C12H29NO3. The highest BCUT2D eigenvalue weighted by Gasteiger charge is 2.35. The van der Waals surface area contributed by atoms with Crippen molar-refractivity contribution >= 4 is 0 Å². The maximum atomic E-state index is 9.51. The van der Waals surface area contributed by atoms with Crippen LogP contribution in [0.15, 0.2) is 0 Å². The lowest BCUT2D eigenvalue weighted by atomic mass is 9.99. The van der Waals surface area contributed by atoms with Crippen molar-refractivity contribution in [2.45, 2.75) is 65.6 Å². The maximum absolute atomic E-state index is 9.51. The molecule has 1 aliphatic rings. The molecule has 0 aliphatic carbocycles. The molecule has 1 saturated heterocycles. The molecule has 16 heavy (non-hydrogen) atoms. The number of ether oxygens (including phenoxy) is 1. The Balaban J connectivity index is 0. The van der Waals surface area contributed by atoms with E-state index < -0.39 is 12.4 Å². The number of likely N-dealkylation sites (N-methyl/N-ethyl adjacent to an activating group) is 1. The van der Waals surface area contributed by atoms with Crippen molar-refractivity contribution in [1.29, 1.82) is 0 Å². The van der Waals surface area contributed by atoms with E-state index in [0.29, 0.717) is 0 Å². The molecule has 0 radical (unpaired) electrons. The van der Waals surface area contributed by atoms with Gasteiger partial charge in [0.25, 0.3) is 0 Å². The fourth-order valence-electron chi connectivity index (χ4n) is 1.56. The summed E-state index contributed by atoms with van der Waals surface area (Å²) >= 11 is 0. The molecule has 0 saturated carbocycles. The summed E-state index contributed by atoms with van der Waals surface area (Å²) in [5.41, 5.74) is 0. The zero-order valence-electron chi connectivity index (χ0n) is 11.8. The van der Waals surface area contributed by atoms with Crippen LogP contribution in [0.5, 0.6) is 0 Å². The molecule has 0 amide bonds. The Morgan fingerprint density at radius 1 is 1.06 bits per heavy atom. The first kappa shape index (κ1) is 18.2. The van der Waals surface area contributed by atoms with Crippen LogP contribution in [0.4, 0.5) is 0 Å². The summed E-state index contributed by atoms with van der Waals surface area (Å²) in [6.07, 6.45) is -1.07. The van der Waals surface area contributed by atoms with E-state index in [0.717, 1.165) is 6.42 Å². The molecule has 0 bridgehead atoms. The van der Waals surface area contributed by atoms with Gasteiger partial charge < -0.3 is 19.8 Å². The maximum Gasteiger partial charge on any atom is 0.182 e. The fraction of sp³-hybridized carbons (Fsp3) is 1.00. The number of hydrogen-bond donors (Lipinski definition) is 2. The Hall–Kier alpha value is -0.160. The molecule has 1 aliphatic heterocycles. The van der Waals surface area contributed by atoms with E-state index in [1.54, 1.807) is 0 Å². The third kappa shape index (κ3) is 5.80. The Bertz CT molecular complexity index is 153. The zero-order valence-corrected chi connectivity index (χ0v) is 11.8. The minimum Gasteiger partial charge on any atom is -0.386 e. The number of rotatable bonds is 1. The molecule has 0 spiro atoms. The summed E-state index contributed by atoms with van der Waals surface area (Å²) in [7, 11) is 3.78. The molecule has 100 valence electrons. The first-order valence-electron chi connectivity index (χ1n) is 6.20. The van der Waals surface area contributed by atoms with Crippen LogP contribution in [0.2, 0.25) is 0 Å². The second-order valence-electron chi connectivity index (χ2n) is 3.59. The van der Waals surface area contributed by atoms with E-state index in [2.05, 4.69) is 0 Å². The normalized spacial score (nSPS) is 33.4. The minimum absolute atomic E-state index is 0.01000. The van der Waals surface area contributed by atoms with Gasteiger partial charge in [-0.2, -0.15) is 0 Å². The highest BCUT2D eigenvalue weighted by Crippen LogP contribution is 2.21. The molecule has 0 aromatic carbocycles. The summed E-state index contributed by atoms with van der Waals surface area (Å²) in [6.45, 7) is 9.89. The van der Waals surface area contributed by atoms with E-state index in [4.69, 9.17) is 4.74 Å². The van der Waals surface area contributed by atoms with Gasteiger partial charge in [0, 0.05) is 6.04 Å². The number of aliphatic hydroxyl groups excluding tert-OH is 2. The lowest BCUT2D eigenvalue weighted by Crippen LogP contribution is -2.53. The van der Waals surface area contributed by atoms with E-state index in [1.165, 1.54) is 0 Å². The second kappa shape index (κ2) is 10.0. The minimum atomic E-state index is -1.04. The SMILES string of the molecule is CC.CC.C[C@@H]1C[C@H](N(C)C)[C@@H](O)C(O)O1. The Morgan fingerprint density at radius 3 is 1.88 bits per heavy atom. The molecule has 2 N–H and O–H groups in total. The highest BCUT2D eigenvalue weighted by molar-refractivity contribution is 4.84. The molecule has 4 heteroatoms. The Kier molecular flexibility index (Phi) is 11.4. The first-order chi connectivity index (χ1) is 7.52. The van der Waals surface area contributed by atoms with Crippen LogP contribution in [0.3, 0.4) is 0 Å². The average molecular weight is 235 g/mol. The molecule has 1 fully saturated rings. The number of nitrogens with zero attached hydrogens (tertiary/aromatic N) is 1. The van der Waals surface area contributed by atoms with Gasteiger partial charge in [0.1, 0.15) is 6.10 Å². The van der Waals surface area contributed by atoms with Crippen LogP contribution in [0.25, 0.3) is 0 Å². The predicted molar refractivity (Wildman–Crippen MR) is 67.3 cm³/mol. The molecule has 1 unspecified atom stereocenters. The van der Waals surface area contributed by atoms with Crippen LogP contribution < -0.4 is 0 Å². The lowest BCUT2D eigenvalue weighted by Gasteiger charge is -2.38. The standard InChI is InChI=1S/C8H17NO3.2C2H6/c1-5-4-6(9(2)3)7(10)8(11)12-5;2*1-2/h5-8,10-11H,4H2,1-3H3;2*1-2H3/t5-,6+,7-,8?;;/m1../s1. The number of hydrogen-bond acceptors (Lipinski definition) is 4. The summed E-state index contributed by atoms with van der Waals surface area (Å²) in [5.74, 6) is 0. The third-order valence-corrected chi connectivity index (χ3v) is 2.29. The lowest BCUT2D eigenvalue weighted by molar-refractivity contribution is -0.230. The van der Waals surface area contributed by atoms with Gasteiger partial charge in [-0.3, -0.25) is 0 Å². The Morgan fingerprint density at radius 2 is 1.50 bits per heavy atom. The van der Waals surface area contributed by atoms with Crippen LogP contribution in [-0.2, 0) is 4.74 Å². The second-order valence-corrected chi connectivity index (χ2v) is 3.59. The van der Waals surface area contributed by atoms with E-state index in [1.807, 2.05) is 53.6 Å². The third-order valence-electron chi connectivity index (χ3n) is 2.29. The summed E-state index contributed by atoms with van der Waals surface area (Å²) < 4.78 is 5.06. The van der Waals surface area contributed by atoms with Gasteiger partial charge in [-0.15, -0.1) is 0 Å². The van der Waals surface area contributed by atoms with E-state index in [-0.39, 0.29) is 12.1 Å². The largest absolute Gasteiger partial charge is 0.386 e. The summed E-state index contributed by atoms with van der Waals surface area (Å²) in [4.78, 5) is 1.91. The molecule has 4 atom stereocenters. The van der Waals surface area contributed by atoms with Crippen LogP contribution >= 0.6 is 0 Å². The average Bonchev–Trinajstić information content (AvgIpc) is 2.28. The van der Waals surface area contributed by atoms with Crippen molar-refractivity contribution in [3.63, 3.8) is 0 Å². The van der Waals surface area contributed by atoms with Crippen molar-refractivity contribution in [3.05, 3.63) is 0 Å². The van der Waals surface area contributed by atoms with Gasteiger partial charge in [-0.05, 0) is 27.4 Å². The predicted octanol–water partition coefficient (Wildman–Crippen LogP) is 1.46. The van der Waals surface area contributed by atoms with Crippen molar-refractivity contribution < 1.29 is 14.9 Å². The monoisotopic (exact) mass is 235 g/mol. The van der Waals surface area contributed by atoms with Gasteiger partial charge in [-0.25, -0.2) is 0 Å². The van der Waals surface area contributed by atoms with E-state index in [9.17, 15) is 10.2 Å². The molecule has 4 nitrogen and oxygen atoms in total. The Labute approximate surface area is 100 Å². The van der Waals surface area contributed by atoms with Crippen LogP contribution in [0, 0.1) is 0 Å². The van der Waals surface area contributed by atoms with Crippen LogP contribution in [0.1, 0.15) is 41.0 Å². The van der Waals surface area contributed by atoms with Crippen molar-refractivity contribution in [3.8, 4) is 0 Å². The first-order valence-corrected chi connectivity index (χ1v) is 6.20. The van der Waals surface area contributed by atoms with Gasteiger partial charge in [-0.1, -0.05) is 27.7 Å². The molecular weight excluding hydrogens is 206 g/mol. The molecule has 1 rings (SSSR count). The summed E-state index contributed by atoms with van der Waals surface area (Å²) in [6, 6.07) is -0.0104. The number of aliphatic hydroxyl groups is 2.